The molecule has 7 heteroatoms. The molecule has 1 unspecified atom stereocenters. The Balaban J connectivity index is 1.77. The number of nitrogens with two attached hydrogens (primary N) is 1. The molecule has 0 heterocycles. The van der Waals surface area contributed by atoms with Gasteiger partial charge in [-0.1, -0.05) is 67.8 Å². The van der Waals surface area contributed by atoms with Gasteiger partial charge in [0, 0.05) is 17.7 Å². The number of benzene rings is 2. The lowest BCUT2D eigenvalue weighted by atomic mass is 9.99. The summed E-state index contributed by atoms with van der Waals surface area (Å²) >= 11 is 0. The average Bonchev–Trinajstić information content (AvgIpc) is 2.76. The van der Waals surface area contributed by atoms with Gasteiger partial charge >= 0.3 is 7.52 Å². The van der Waals surface area contributed by atoms with Crippen molar-refractivity contribution in [2.45, 2.75) is 51.5 Å². The Labute approximate surface area is 179 Å². The van der Waals surface area contributed by atoms with E-state index < -0.39 is 7.52 Å². The van der Waals surface area contributed by atoms with Crippen molar-refractivity contribution < 1.29 is 9.46 Å². The third-order valence-electron chi connectivity index (χ3n) is 5.14. The lowest BCUT2D eigenvalue weighted by molar-refractivity contribution is 0.476. The highest BCUT2D eigenvalue weighted by Crippen LogP contribution is 2.41. The fraction of sp³-hybridized carbons (Fsp3) is 0.478. The van der Waals surface area contributed by atoms with Crippen molar-refractivity contribution in [2.75, 3.05) is 19.3 Å². The lowest BCUT2D eigenvalue weighted by Crippen LogP contribution is -2.15. The second kappa shape index (κ2) is 13.5. The standard InChI is InChI=1S/C23H34N3O3P/c24-15-5-3-1-2-4-8-20-9-6-10-23(18-20)22-13-11-21(12-14-22)19-25-16-7-17-30(28,29)26-27/h6,9-14,18,25H,1-5,7-8,15-17,19,24H2,(H,28,29). The minimum absolute atomic E-state index is 0.0769. The van der Waals surface area contributed by atoms with Gasteiger partial charge in [-0.2, -0.15) is 0 Å². The van der Waals surface area contributed by atoms with E-state index in [9.17, 15) is 9.47 Å². The Hall–Kier alpha value is -1.85. The second-order valence-electron chi connectivity index (χ2n) is 7.70. The molecule has 0 aliphatic carbocycles. The Morgan fingerprint density at radius 3 is 2.37 bits per heavy atom. The van der Waals surface area contributed by atoms with Crippen LogP contribution in [0.3, 0.4) is 0 Å². The predicted molar refractivity (Wildman–Crippen MR) is 125 cm³/mol. The first-order valence-electron chi connectivity index (χ1n) is 10.8. The highest BCUT2D eigenvalue weighted by molar-refractivity contribution is 7.56. The normalized spacial score (nSPS) is 13.1. The van der Waals surface area contributed by atoms with E-state index in [1.807, 2.05) is 0 Å². The monoisotopic (exact) mass is 431 g/mol. The van der Waals surface area contributed by atoms with Crippen molar-refractivity contribution in [3.05, 3.63) is 64.6 Å². The van der Waals surface area contributed by atoms with E-state index in [0.717, 1.165) is 24.9 Å². The number of aryl methyl sites for hydroxylation is 1. The molecule has 0 aliphatic rings. The minimum Gasteiger partial charge on any atom is -0.330 e. The first kappa shape index (κ1) is 24.4. The summed E-state index contributed by atoms with van der Waals surface area (Å²) in [6, 6.07) is 17.2. The summed E-state index contributed by atoms with van der Waals surface area (Å²) in [6.07, 6.45) is 7.57. The zero-order chi connectivity index (χ0) is 21.7. The number of rotatable bonds is 15. The summed E-state index contributed by atoms with van der Waals surface area (Å²) in [5.41, 5.74) is 10.5. The molecule has 164 valence electrons. The van der Waals surface area contributed by atoms with Gasteiger partial charge in [-0.3, -0.25) is 4.57 Å². The summed E-state index contributed by atoms with van der Waals surface area (Å²) in [4.78, 5) is 21.6. The van der Waals surface area contributed by atoms with Gasteiger partial charge in [0.05, 0.1) is 0 Å². The maximum atomic E-state index is 11.2. The third kappa shape index (κ3) is 9.31. The molecule has 0 bridgehead atoms. The van der Waals surface area contributed by atoms with E-state index >= 15 is 0 Å². The molecular formula is C23H34N3O3P. The Morgan fingerprint density at radius 2 is 1.63 bits per heavy atom. The van der Waals surface area contributed by atoms with E-state index in [4.69, 9.17) is 10.6 Å². The highest BCUT2D eigenvalue weighted by Gasteiger charge is 2.16. The first-order valence-corrected chi connectivity index (χ1v) is 12.6. The van der Waals surface area contributed by atoms with Crippen LogP contribution in [0.2, 0.25) is 0 Å². The fourth-order valence-electron chi connectivity index (χ4n) is 3.41. The molecule has 0 fully saturated rings. The third-order valence-corrected chi connectivity index (χ3v) is 6.30. The summed E-state index contributed by atoms with van der Waals surface area (Å²) in [5, 5.41) is 3.23. The molecule has 4 N–H and O–H groups in total. The van der Waals surface area contributed by atoms with Crippen molar-refractivity contribution in [1.29, 1.82) is 0 Å². The van der Waals surface area contributed by atoms with Crippen molar-refractivity contribution in [3.8, 4) is 11.1 Å². The van der Waals surface area contributed by atoms with Crippen LogP contribution in [0.15, 0.2) is 53.5 Å². The summed E-state index contributed by atoms with van der Waals surface area (Å²) in [7, 11) is -3.82. The van der Waals surface area contributed by atoms with Gasteiger partial charge in [-0.25, -0.2) is 0 Å². The molecule has 6 nitrogen and oxygen atoms in total. The van der Waals surface area contributed by atoms with E-state index in [1.165, 1.54) is 42.4 Å². The minimum atomic E-state index is -3.82. The van der Waals surface area contributed by atoms with Crippen molar-refractivity contribution in [1.82, 2.24) is 5.32 Å². The molecule has 0 aromatic heterocycles. The number of hydrogen-bond acceptors (Lipinski definition) is 4. The Bertz CT molecular complexity index is 812. The average molecular weight is 432 g/mol. The van der Waals surface area contributed by atoms with Crippen LogP contribution in [-0.2, 0) is 17.5 Å². The van der Waals surface area contributed by atoms with Crippen LogP contribution in [0.1, 0.15) is 49.7 Å². The van der Waals surface area contributed by atoms with Crippen LogP contribution in [0, 0.1) is 4.91 Å². The van der Waals surface area contributed by atoms with Crippen LogP contribution in [-0.4, -0.2) is 24.1 Å². The molecule has 0 amide bonds. The zero-order valence-corrected chi connectivity index (χ0v) is 18.5. The molecule has 0 saturated carbocycles. The van der Waals surface area contributed by atoms with E-state index in [2.05, 4.69) is 58.8 Å². The first-order chi connectivity index (χ1) is 14.5. The smallest absolute Gasteiger partial charge is 0.330 e. The largest absolute Gasteiger partial charge is 0.350 e. The second-order valence-corrected chi connectivity index (χ2v) is 9.64. The number of nitroso groups, excluding NO2 is 1. The SMILES string of the molecule is NCCCCCCCc1cccc(-c2ccc(CNCCCP(=O)(O)N=O)cc2)c1. The molecular weight excluding hydrogens is 397 g/mol. The van der Waals surface area contributed by atoms with Crippen LogP contribution in [0.5, 0.6) is 0 Å². The van der Waals surface area contributed by atoms with Gasteiger partial charge in [0.25, 0.3) is 0 Å². The maximum absolute atomic E-state index is 11.2. The van der Waals surface area contributed by atoms with E-state index in [1.54, 1.807) is 0 Å². The number of nitrogens with zero attached hydrogens (tertiary/aromatic N) is 1. The van der Waals surface area contributed by atoms with Gasteiger partial charge in [-0.15, -0.1) is 4.91 Å². The summed E-state index contributed by atoms with van der Waals surface area (Å²) in [6.45, 7) is 2.04. The molecule has 2 aromatic rings. The van der Waals surface area contributed by atoms with Crippen LogP contribution in [0.25, 0.3) is 11.1 Å². The molecule has 0 saturated heterocycles. The van der Waals surface area contributed by atoms with Crippen molar-refractivity contribution >= 4 is 7.52 Å². The quantitative estimate of drug-likeness (QED) is 0.203. The highest BCUT2D eigenvalue weighted by atomic mass is 31.2. The van der Waals surface area contributed by atoms with Crippen molar-refractivity contribution in [3.63, 3.8) is 0 Å². The molecule has 2 aromatic carbocycles. The van der Waals surface area contributed by atoms with Gasteiger partial charge in [0.1, 0.15) is 0 Å². The number of hydrogen-bond donors (Lipinski definition) is 3. The maximum Gasteiger partial charge on any atom is 0.350 e. The predicted octanol–water partition coefficient (Wildman–Crippen LogP) is 5.24. The number of nitrogens with one attached hydrogen (secondary N) is 1. The van der Waals surface area contributed by atoms with Crippen molar-refractivity contribution in [2.24, 2.45) is 10.7 Å². The fourth-order valence-corrected chi connectivity index (χ4v) is 4.06. The van der Waals surface area contributed by atoms with Gasteiger partial charge in [-0.05, 0) is 61.0 Å². The molecule has 0 aliphatic heterocycles. The molecule has 30 heavy (non-hydrogen) atoms. The van der Waals surface area contributed by atoms with Gasteiger partial charge in [0.2, 0.25) is 0 Å². The van der Waals surface area contributed by atoms with E-state index in [-0.39, 0.29) is 6.16 Å². The van der Waals surface area contributed by atoms with Crippen LogP contribution >= 0.6 is 7.52 Å². The number of unbranched alkanes of at least 4 members (excludes halogenated alkanes) is 4. The van der Waals surface area contributed by atoms with Gasteiger partial charge < -0.3 is 15.9 Å². The molecule has 1 atom stereocenters. The Morgan fingerprint density at radius 1 is 0.900 bits per heavy atom. The van der Waals surface area contributed by atoms with Crippen LogP contribution in [0.4, 0.5) is 0 Å². The van der Waals surface area contributed by atoms with E-state index in [0.29, 0.717) is 19.5 Å². The van der Waals surface area contributed by atoms with Gasteiger partial charge in [0.15, 0.2) is 0 Å². The Kier molecular flexibility index (Phi) is 11.0. The van der Waals surface area contributed by atoms with Crippen LogP contribution < -0.4 is 11.1 Å². The topological polar surface area (TPSA) is 105 Å². The lowest BCUT2D eigenvalue weighted by Gasteiger charge is -2.08. The summed E-state index contributed by atoms with van der Waals surface area (Å²) < 4.78 is 11.2. The molecule has 2 rings (SSSR count). The zero-order valence-electron chi connectivity index (χ0n) is 17.6. The molecule has 0 spiro atoms. The summed E-state index contributed by atoms with van der Waals surface area (Å²) in [5.74, 6) is 0. The molecule has 0 radical (unpaired) electrons.